The summed E-state index contributed by atoms with van der Waals surface area (Å²) < 4.78 is 0. The topological polar surface area (TPSA) is 32.3 Å². The van der Waals surface area contributed by atoms with E-state index in [2.05, 4.69) is 17.4 Å². The van der Waals surface area contributed by atoms with Crippen LogP contribution in [0.5, 0.6) is 0 Å². The highest BCUT2D eigenvalue weighted by Crippen LogP contribution is 2.18. The molecule has 1 atom stereocenters. The predicted octanol–water partition coefficient (Wildman–Crippen LogP) is 1.76. The molecule has 1 aromatic rings. The molecule has 1 aliphatic heterocycles. The Kier molecular flexibility index (Phi) is 2.65. The van der Waals surface area contributed by atoms with Gasteiger partial charge in [0.2, 0.25) is 0 Å². The Morgan fingerprint density at radius 1 is 1.21 bits per heavy atom. The van der Waals surface area contributed by atoms with Gasteiger partial charge >= 0.3 is 0 Å². The molecule has 0 fully saturated rings. The zero-order valence-electron chi connectivity index (χ0n) is 7.85. The Bertz CT molecular complexity index is 354. The third-order valence-corrected chi connectivity index (χ3v) is 2.30. The fourth-order valence-corrected chi connectivity index (χ4v) is 1.53. The monoisotopic (exact) mass is 187 g/mol. The minimum Gasteiger partial charge on any atom is -0.392 e. The fraction of sp³-hybridized carbons (Fsp3) is 0.167. The maximum absolute atomic E-state index is 9.01. The van der Waals surface area contributed by atoms with Crippen molar-refractivity contribution in [1.82, 2.24) is 5.32 Å². The molecule has 72 valence electrons. The van der Waals surface area contributed by atoms with Crippen LogP contribution in [0.15, 0.2) is 54.3 Å². The molecule has 0 saturated heterocycles. The molecule has 2 heteroatoms. The normalized spacial score (nSPS) is 20.1. The Morgan fingerprint density at radius 2 is 2.00 bits per heavy atom. The van der Waals surface area contributed by atoms with E-state index in [1.165, 1.54) is 5.56 Å². The lowest BCUT2D eigenvalue weighted by atomic mass is 10.0. The van der Waals surface area contributed by atoms with Crippen molar-refractivity contribution in [1.29, 1.82) is 0 Å². The third-order valence-electron chi connectivity index (χ3n) is 2.30. The third kappa shape index (κ3) is 1.86. The number of aliphatic hydroxyl groups is 1. The summed E-state index contributed by atoms with van der Waals surface area (Å²) in [6.45, 7) is 0.0987. The van der Waals surface area contributed by atoms with Crippen LogP contribution in [0, 0.1) is 0 Å². The van der Waals surface area contributed by atoms with Crippen LogP contribution >= 0.6 is 0 Å². The van der Waals surface area contributed by atoms with Crippen molar-refractivity contribution in [2.24, 2.45) is 0 Å². The smallest absolute Gasteiger partial charge is 0.0699 e. The molecule has 0 aliphatic carbocycles. The molecule has 0 bridgehead atoms. The van der Waals surface area contributed by atoms with E-state index in [0.717, 1.165) is 5.57 Å². The largest absolute Gasteiger partial charge is 0.392 e. The van der Waals surface area contributed by atoms with E-state index in [9.17, 15) is 0 Å². The summed E-state index contributed by atoms with van der Waals surface area (Å²) >= 11 is 0. The van der Waals surface area contributed by atoms with E-state index in [1.54, 1.807) is 0 Å². The molecule has 1 heterocycles. The lowest BCUT2D eigenvalue weighted by Crippen LogP contribution is -2.17. The first-order valence-electron chi connectivity index (χ1n) is 4.69. The first-order valence-corrected chi connectivity index (χ1v) is 4.69. The van der Waals surface area contributed by atoms with Crippen LogP contribution in [0.25, 0.3) is 0 Å². The van der Waals surface area contributed by atoms with Crippen molar-refractivity contribution >= 4 is 0 Å². The summed E-state index contributed by atoms with van der Waals surface area (Å²) in [4.78, 5) is 0. The van der Waals surface area contributed by atoms with Crippen LogP contribution in [0.1, 0.15) is 11.6 Å². The second-order valence-electron chi connectivity index (χ2n) is 3.29. The number of rotatable bonds is 2. The fourth-order valence-electron chi connectivity index (χ4n) is 1.53. The Balaban J connectivity index is 2.21. The minimum absolute atomic E-state index is 0.0987. The van der Waals surface area contributed by atoms with Crippen LogP contribution in [0.3, 0.4) is 0 Å². The molecule has 2 nitrogen and oxygen atoms in total. The van der Waals surface area contributed by atoms with Crippen LogP contribution in [-0.4, -0.2) is 11.7 Å². The van der Waals surface area contributed by atoms with Crippen molar-refractivity contribution < 1.29 is 5.11 Å². The zero-order valence-corrected chi connectivity index (χ0v) is 7.85. The summed E-state index contributed by atoms with van der Waals surface area (Å²) in [5, 5.41) is 12.2. The highest BCUT2D eigenvalue weighted by atomic mass is 16.3. The molecular weight excluding hydrogens is 174 g/mol. The van der Waals surface area contributed by atoms with Crippen molar-refractivity contribution in [2.75, 3.05) is 6.61 Å². The molecule has 14 heavy (non-hydrogen) atoms. The van der Waals surface area contributed by atoms with Gasteiger partial charge in [-0.05, 0) is 23.4 Å². The first-order chi connectivity index (χ1) is 6.90. The lowest BCUT2D eigenvalue weighted by molar-refractivity contribution is 0.333. The van der Waals surface area contributed by atoms with E-state index in [4.69, 9.17) is 5.11 Å². The van der Waals surface area contributed by atoms with Crippen LogP contribution in [0.2, 0.25) is 0 Å². The average Bonchev–Trinajstić information content (AvgIpc) is 2.30. The average molecular weight is 187 g/mol. The van der Waals surface area contributed by atoms with E-state index in [1.807, 2.05) is 36.6 Å². The standard InChI is InChI=1S/C12H13NO/c14-9-10-6-7-13-12(8-10)11-4-2-1-3-5-11/h1-8,12-14H,9H2. The summed E-state index contributed by atoms with van der Waals surface area (Å²) in [5.74, 6) is 0. The lowest BCUT2D eigenvalue weighted by Gasteiger charge is -2.18. The Morgan fingerprint density at radius 3 is 2.71 bits per heavy atom. The summed E-state index contributed by atoms with van der Waals surface area (Å²) in [6, 6.07) is 10.4. The van der Waals surface area contributed by atoms with Crippen molar-refractivity contribution in [3.8, 4) is 0 Å². The van der Waals surface area contributed by atoms with Crippen molar-refractivity contribution in [3.63, 3.8) is 0 Å². The minimum atomic E-state index is 0.0987. The van der Waals surface area contributed by atoms with Gasteiger partial charge in [0.15, 0.2) is 0 Å². The summed E-state index contributed by atoms with van der Waals surface area (Å²) in [5.41, 5.74) is 2.17. The van der Waals surface area contributed by atoms with Gasteiger partial charge in [-0.15, -0.1) is 0 Å². The second-order valence-corrected chi connectivity index (χ2v) is 3.29. The second kappa shape index (κ2) is 4.11. The van der Waals surface area contributed by atoms with Gasteiger partial charge in [0.1, 0.15) is 0 Å². The maximum Gasteiger partial charge on any atom is 0.0699 e. The molecule has 2 rings (SSSR count). The highest BCUT2D eigenvalue weighted by Gasteiger charge is 2.09. The molecule has 0 saturated carbocycles. The number of hydrogen-bond donors (Lipinski definition) is 2. The van der Waals surface area contributed by atoms with Crippen molar-refractivity contribution in [2.45, 2.75) is 6.04 Å². The molecule has 1 aliphatic rings. The van der Waals surface area contributed by atoms with Crippen LogP contribution < -0.4 is 5.32 Å². The molecule has 1 unspecified atom stereocenters. The molecule has 0 radical (unpaired) electrons. The number of benzene rings is 1. The number of hydrogen-bond acceptors (Lipinski definition) is 2. The van der Waals surface area contributed by atoms with E-state index < -0.39 is 0 Å². The molecule has 0 spiro atoms. The summed E-state index contributed by atoms with van der Waals surface area (Å²) in [7, 11) is 0. The van der Waals surface area contributed by atoms with Gasteiger partial charge < -0.3 is 10.4 Å². The van der Waals surface area contributed by atoms with Gasteiger partial charge in [-0.2, -0.15) is 0 Å². The molecule has 0 aromatic heterocycles. The summed E-state index contributed by atoms with van der Waals surface area (Å²) in [6.07, 6.45) is 5.80. The van der Waals surface area contributed by atoms with Gasteiger partial charge in [-0.3, -0.25) is 0 Å². The van der Waals surface area contributed by atoms with E-state index >= 15 is 0 Å². The van der Waals surface area contributed by atoms with E-state index in [-0.39, 0.29) is 12.6 Å². The number of nitrogens with one attached hydrogen (secondary N) is 1. The maximum atomic E-state index is 9.01. The SMILES string of the molecule is OCC1=CC(c2ccccc2)NC=C1. The highest BCUT2D eigenvalue weighted by molar-refractivity contribution is 5.32. The van der Waals surface area contributed by atoms with Gasteiger partial charge in [0, 0.05) is 0 Å². The molecule has 1 aromatic carbocycles. The van der Waals surface area contributed by atoms with Crippen LogP contribution in [0.4, 0.5) is 0 Å². The zero-order chi connectivity index (χ0) is 9.80. The molecular formula is C12H13NO. The van der Waals surface area contributed by atoms with Crippen molar-refractivity contribution in [3.05, 3.63) is 59.8 Å². The quantitative estimate of drug-likeness (QED) is 0.739. The van der Waals surface area contributed by atoms with Gasteiger partial charge in [0.05, 0.1) is 12.6 Å². The first kappa shape index (κ1) is 9.03. The van der Waals surface area contributed by atoms with Gasteiger partial charge in [-0.1, -0.05) is 36.4 Å². The molecule has 0 amide bonds. The number of aliphatic hydroxyl groups excluding tert-OH is 1. The molecule has 2 N–H and O–H groups in total. The van der Waals surface area contributed by atoms with Crippen LogP contribution in [-0.2, 0) is 0 Å². The van der Waals surface area contributed by atoms with Gasteiger partial charge in [0.25, 0.3) is 0 Å². The Labute approximate surface area is 83.6 Å². The Hall–Kier alpha value is -1.54. The van der Waals surface area contributed by atoms with E-state index in [0.29, 0.717) is 0 Å². The van der Waals surface area contributed by atoms with Gasteiger partial charge in [-0.25, -0.2) is 0 Å². The predicted molar refractivity (Wildman–Crippen MR) is 56.6 cm³/mol. The number of dihydropyridines is 1.